The number of nitrogens with zero attached hydrogens (tertiary/aromatic N) is 2. The summed E-state index contributed by atoms with van der Waals surface area (Å²) in [5, 5.41) is 0. The summed E-state index contributed by atoms with van der Waals surface area (Å²) in [6.45, 7) is 4.00. The Morgan fingerprint density at radius 3 is 2.61 bits per heavy atom. The van der Waals surface area contributed by atoms with Crippen molar-refractivity contribution >= 4 is 5.91 Å². The molecule has 0 bridgehead atoms. The maximum Gasteiger partial charge on any atom is 0.239 e. The Morgan fingerprint density at radius 2 is 2.00 bits per heavy atom. The quantitative estimate of drug-likeness (QED) is 0.815. The summed E-state index contributed by atoms with van der Waals surface area (Å²) in [5.74, 6) is 0.236. The number of likely N-dealkylation sites (N-methyl/N-ethyl adjacent to an activating group) is 1. The van der Waals surface area contributed by atoms with Crippen molar-refractivity contribution in [3.8, 4) is 0 Å². The summed E-state index contributed by atoms with van der Waals surface area (Å²) in [7, 11) is 3.68. The number of carbonyl (C=O) groups excluding carboxylic acids is 1. The first-order valence-electron chi connectivity index (χ1n) is 6.58. The van der Waals surface area contributed by atoms with Crippen molar-refractivity contribution in [2.45, 2.75) is 32.4 Å². The molecule has 0 spiro atoms. The van der Waals surface area contributed by atoms with Gasteiger partial charge in [-0.3, -0.25) is 9.69 Å². The first kappa shape index (κ1) is 13.1. The molecule has 0 aliphatic carbocycles. The molecule has 1 aromatic rings. The van der Waals surface area contributed by atoms with E-state index in [-0.39, 0.29) is 11.9 Å². The summed E-state index contributed by atoms with van der Waals surface area (Å²) in [6.07, 6.45) is 2.11. The van der Waals surface area contributed by atoms with Crippen LogP contribution in [0.1, 0.15) is 24.0 Å². The third kappa shape index (κ3) is 2.91. The number of likely N-dealkylation sites (tertiary alicyclic amines) is 1. The molecule has 0 saturated carbocycles. The van der Waals surface area contributed by atoms with Crippen molar-refractivity contribution < 1.29 is 4.79 Å². The van der Waals surface area contributed by atoms with Gasteiger partial charge < -0.3 is 4.90 Å². The highest BCUT2D eigenvalue weighted by molar-refractivity contribution is 5.81. The lowest BCUT2D eigenvalue weighted by Gasteiger charge is -2.26. The zero-order chi connectivity index (χ0) is 13.1. The SMILES string of the molecule is Cc1ccc(CN2CCCC2C(=O)N(C)C)cc1. The molecule has 3 nitrogen and oxygen atoms in total. The number of hydrogen-bond acceptors (Lipinski definition) is 2. The maximum absolute atomic E-state index is 12.1. The van der Waals surface area contributed by atoms with Crippen molar-refractivity contribution in [2.24, 2.45) is 0 Å². The van der Waals surface area contributed by atoms with Crippen LogP contribution in [0, 0.1) is 6.92 Å². The Hall–Kier alpha value is -1.35. The second-order valence-corrected chi connectivity index (χ2v) is 5.35. The molecular weight excluding hydrogens is 224 g/mol. The van der Waals surface area contributed by atoms with E-state index >= 15 is 0 Å². The van der Waals surface area contributed by atoms with Crippen LogP contribution < -0.4 is 0 Å². The van der Waals surface area contributed by atoms with E-state index in [1.54, 1.807) is 4.90 Å². The maximum atomic E-state index is 12.1. The largest absolute Gasteiger partial charge is 0.347 e. The van der Waals surface area contributed by atoms with Gasteiger partial charge in [0.1, 0.15) is 0 Å². The lowest BCUT2D eigenvalue weighted by molar-refractivity contribution is -0.133. The second-order valence-electron chi connectivity index (χ2n) is 5.35. The van der Waals surface area contributed by atoms with Crippen LogP contribution in [-0.2, 0) is 11.3 Å². The van der Waals surface area contributed by atoms with Crippen LogP contribution in [0.25, 0.3) is 0 Å². The molecule has 1 amide bonds. The van der Waals surface area contributed by atoms with Crippen molar-refractivity contribution in [1.29, 1.82) is 0 Å². The Labute approximate surface area is 109 Å². The van der Waals surface area contributed by atoms with Gasteiger partial charge in [-0.15, -0.1) is 0 Å². The van der Waals surface area contributed by atoms with Gasteiger partial charge in [0.2, 0.25) is 5.91 Å². The normalized spacial score (nSPS) is 20.1. The van der Waals surface area contributed by atoms with Crippen molar-refractivity contribution in [1.82, 2.24) is 9.80 Å². The third-order valence-electron chi connectivity index (χ3n) is 3.60. The first-order chi connectivity index (χ1) is 8.58. The fourth-order valence-corrected chi connectivity index (χ4v) is 2.52. The molecule has 0 radical (unpaired) electrons. The average molecular weight is 246 g/mol. The minimum absolute atomic E-state index is 0.0707. The van der Waals surface area contributed by atoms with Gasteiger partial charge in [-0.05, 0) is 31.9 Å². The molecule has 1 unspecified atom stereocenters. The van der Waals surface area contributed by atoms with Gasteiger partial charge in [-0.1, -0.05) is 29.8 Å². The summed E-state index contributed by atoms with van der Waals surface area (Å²) < 4.78 is 0. The van der Waals surface area contributed by atoms with Crippen molar-refractivity contribution in [2.75, 3.05) is 20.6 Å². The highest BCUT2D eigenvalue weighted by Crippen LogP contribution is 2.21. The van der Waals surface area contributed by atoms with E-state index in [2.05, 4.69) is 36.1 Å². The van der Waals surface area contributed by atoms with Crippen molar-refractivity contribution in [3.63, 3.8) is 0 Å². The number of hydrogen-bond donors (Lipinski definition) is 0. The van der Waals surface area contributed by atoms with Gasteiger partial charge in [0.15, 0.2) is 0 Å². The molecular formula is C15H22N2O. The Bertz CT molecular complexity index is 411. The molecule has 98 valence electrons. The van der Waals surface area contributed by atoms with Crippen molar-refractivity contribution in [3.05, 3.63) is 35.4 Å². The first-order valence-corrected chi connectivity index (χ1v) is 6.58. The predicted molar refractivity (Wildman–Crippen MR) is 73.3 cm³/mol. The number of carbonyl (C=O) groups is 1. The second kappa shape index (κ2) is 5.53. The standard InChI is InChI=1S/C15H22N2O/c1-12-6-8-13(9-7-12)11-17-10-4-5-14(17)15(18)16(2)3/h6-9,14H,4-5,10-11H2,1-3H3. The molecule has 2 rings (SSSR count). The Kier molecular flexibility index (Phi) is 4.02. The van der Waals surface area contributed by atoms with Crippen LogP contribution in [0.15, 0.2) is 24.3 Å². The van der Waals surface area contributed by atoms with Gasteiger partial charge in [0.25, 0.3) is 0 Å². The summed E-state index contributed by atoms with van der Waals surface area (Å²) in [5.41, 5.74) is 2.57. The number of aryl methyl sites for hydroxylation is 1. The summed E-state index contributed by atoms with van der Waals surface area (Å²) in [6, 6.07) is 8.65. The smallest absolute Gasteiger partial charge is 0.239 e. The van der Waals surface area contributed by atoms with Gasteiger partial charge in [-0.2, -0.15) is 0 Å². The van der Waals surface area contributed by atoms with Gasteiger partial charge >= 0.3 is 0 Å². The molecule has 1 aromatic carbocycles. The predicted octanol–water partition coefficient (Wildman–Crippen LogP) is 2.05. The molecule has 1 saturated heterocycles. The van der Waals surface area contributed by atoms with Gasteiger partial charge in [0.05, 0.1) is 6.04 Å². The van der Waals surface area contributed by atoms with E-state index in [1.807, 2.05) is 14.1 Å². The van der Waals surface area contributed by atoms with E-state index in [4.69, 9.17) is 0 Å². The lowest BCUT2D eigenvalue weighted by Crippen LogP contribution is -2.42. The minimum Gasteiger partial charge on any atom is -0.347 e. The molecule has 0 aromatic heterocycles. The average Bonchev–Trinajstić information content (AvgIpc) is 2.79. The number of rotatable bonds is 3. The van der Waals surface area contributed by atoms with Gasteiger partial charge in [0, 0.05) is 20.6 Å². The highest BCUT2D eigenvalue weighted by atomic mass is 16.2. The van der Waals surface area contributed by atoms with E-state index in [0.29, 0.717) is 0 Å². The van der Waals surface area contributed by atoms with Crippen LogP contribution in [0.4, 0.5) is 0 Å². The minimum atomic E-state index is 0.0707. The highest BCUT2D eigenvalue weighted by Gasteiger charge is 2.31. The summed E-state index contributed by atoms with van der Waals surface area (Å²) >= 11 is 0. The van der Waals surface area contributed by atoms with Crippen LogP contribution in [0.2, 0.25) is 0 Å². The zero-order valence-electron chi connectivity index (χ0n) is 11.5. The monoisotopic (exact) mass is 246 g/mol. The van der Waals surface area contributed by atoms with Crippen LogP contribution in [0.5, 0.6) is 0 Å². The Balaban J connectivity index is 2.04. The molecule has 1 aliphatic rings. The molecule has 1 heterocycles. The Morgan fingerprint density at radius 1 is 1.33 bits per heavy atom. The molecule has 3 heteroatoms. The fraction of sp³-hybridized carbons (Fsp3) is 0.533. The molecule has 1 aliphatic heterocycles. The third-order valence-corrected chi connectivity index (χ3v) is 3.60. The summed E-state index contributed by atoms with van der Waals surface area (Å²) in [4.78, 5) is 16.1. The fourth-order valence-electron chi connectivity index (χ4n) is 2.52. The van der Waals surface area contributed by atoms with Crippen LogP contribution in [-0.4, -0.2) is 42.4 Å². The molecule has 0 N–H and O–H groups in total. The van der Waals surface area contributed by atoms with Crippen LogP contribution >= 0.6 is 0 Å². The number of benzene rings is 1. The topological polar surface area (TPSA) is 23.6 Å². The number of amides is 1. The van der Waals surface area contributed by atoms with E-state index in [1.165, 1.54) is 11.1 Å². The molecule has 18 heavy (non-hydrogen) atoms. The van der Waals surface area contributed by atoms with E-state index < -0.39 is 0 Å². The van der Waals surface area contributed by atoms with E-state index in [0.717, 1.165) is 25.9 Å². The zero-order valence-corrected chi connectivity index (χ0v) is 11.5. The molecule has 1 atom stereocenters. The van der Waals surface area contributed by atoms with Crippen LogP contribution in [0.3, 0.4) is 0 Å². The lowest BCUT2D eigenvalue weighted by atomic mass is 10.1. The van der Waals surface area contributed by atoms with Gasteiger partial charge in [-0.25, -0.2) is 0 Å². The molecule has 1 fully saturated rings. The van der Waals surface area contributed by atoms with E-state index in [9.17, 15) is 4.79 Å².